The maximum Gasteiger partial charge on any atom is 0.416 e. The molecule has 0 bridgehead atoms. The Morgan fingerprint density at radius 2 is 2.00 bits per heavy atom. The summed E-state index contributed by atoms with van der Waals surface area (Å²) in [4.78, 5) is 16.7. The number of anilines is 1. The second kappa shape index (κ2) is 8.65. The molecule has 146 valence electrons. The first-order chi connectivity index (χ1) is 13.4. The average molecular weight is 405 g/mol. The highest BCUT2D eigenvalue weighted by atomic mass is 32.2. The van der Waals surface area contributed by atoms with Crippen molar-refractivity contribution in [1.82, 2.24) is 4.98 Å². The van der Waals surface area contributed by atoms with E-state index in [4.69, 9.17) is 0 Å². The topological polar surface area (TPSA) is 65.8 Å². The fraction of sp³-hybridized carbons (Fsp3) is 0.350. The van der Waals surface area contributed by atoms with Crippen LogP contribution in [0.2, 0.25) is 0 Å². The number of nitriles is 1. The standard InChI is InChI=1S/C20H18F3N3OS/c21-20(22,23)15-6-4-7-16(10-15)25-18(27)12-28-19-14(11-24)9-13-5-2-1-3-8-17(13)26-19/h4,6-7,9-10H,1-3,5,8,12H2,(H,25,27). The van der Waals surface area contributed by atoms with Crippen molar-refractivity contribution in [2.75, 3.05) is 11.1 Å². The molecule has 1 aliphatic carbocycles. The van der Waals surface area contributed by atoms with Crippen molar-refractivity contribution in [1.29, 1.82) is 5.26 Å². The summed E-state index contributed by atoms with van der Waals surface area (Å²) in [6.45, 7) is 0. The molecule has 1 aromatic heterocycles. The largest absolute Gasteiger partial charge is 0.416 e. The SMILES string of the molecule is N#Cc1cc2c(nc1SCC(=O)Nc1cccc(C(F)(F)F)c1)CCCCC2. The van der Waals surface area contributed by atoms with Gasteiger partial charge in [-0.3, -0.25) is 4.79 Å². The van der Waals surface area contributed by atoms with E-state index >= 15 is 0 Å². The lowest BCUT2D eigenvalue weighted by atomic mass is 10.1. The first kappa shape index (κ1) is 20.2. The van der Waals surface area contributed by atoms with Gasteiger partial charge in [0.1, 0.15) is 11.1 Å². The summed E-state index contributed by atoms with van der Waals surface area (Å²) < 4.78 is 38.3. The monoisotopic (exact) mass is 405 g/mol. The van der Waals surface area contributed by atoms with E-state index in [2.05, 4.69) is 16.4 Å². The third kappa shape index (κ3) is 5.04. The maximum absolute atomic E-state index is 12.8. The minimum atomic E-state index is -4.47. The van der Waals surface area contributed by atoms with Crippen molar-refractivity contribution in [2.24, 2.45) is 0 Å². The van der Waals surface area contributed by atoms with Gasteiger partial charge in [0.2, 0.25) is 5.91 Å². The number of carbonyl (C=O) groups excluding carboxylic acids is 1. The van der Waals surface area contributed by atoms with Crippen molar-refractivity contribution in [2.45, 2.75) is 43.3 Å². The predicted octanol–water partition coefficient (Wildman–Crippen LogP) is 4.97. The van der Waals surface area contributed by atoms with E-state index in [1.165, 1.54) is 12.1 Å². The number of thioether (sulfide) groups is 1. The normalized spacial score (nSPS) is 13.9. The molecule has 0 unspecified atom stereocenters. The molecule has 3 rings (SSSR count). The molecule has 2 aromatic rings. The summed E-state index contributed by atoms with van der Waals surface area (Å²) in [7, 11) is 0. The lowest BCUT2D eigenvalue weighted by molar-refractivity contribution is -0.137. The number of pyridine rings is 1. The highest BCUT2D eigenvalue weighted by Crippen LogP contribution is 2.31. The van der Waals surface area contributed by atoms with Crippen LogP contribution < -0.4 is 5.32 Å². The molecule has 0 saturated carbocycles. The lowest BCUT2D eigenvalue weighted by Crippen LogP contribution is -2.15. The molecule has 1 N–H and O–H groups in total. The van der Waals surface area contributed by atoms with E-state index in [-0.39, 0.29) is 11.4 Å². The van der Waals surface area contributed by atoms with Crippen molar-refractivity contribution in [3.05, 3.63) is 52.7 Å². The Hall–Kier alpha value is -2.53. The molecule has 0 saturated heterocycles. The van der Waals surface area contributed by atoms with Gasteiger partial charge in [-0.15, -0.1) is 0 Å². The molecule has 0 spiro atoms. The zero-order valence-electron chi connectivity index (χ0n) is 15.0. The average Bonchev–Trinajstić information content (AvgIpc) is 2.89. The number of benzene rings is 1. The highest BCUT2D eigenvalue weighted by Gasteiger charge is 2.30. The van der Waals surface area contributed by atoms with Gasteiger partial charge in [-0.1, -0.05) is 24.2 Å². The van der Waals surface area contributed by atoms with E-state index < -0.39 is 17.6 Å². The van der Waals surface area contributed by atoms with Crippen LogP contribution in [0.25, 0.3) is 0 Å². The number of rotatable bonds is 4. The predicted molar refractivity (Wildman–Crippen MR) is 101 cm³/mol. The summed E-state index contributed by atoms with van der Waals surface area (Å²) in [6, 6.07) is 8.46. The number of nitrogens with zero attached hydrogens (tertiary/aromatic N) is 2. The molecule has 0 fully saturated rings. The second-order valence-corrected chi connectivity index (χ2v) is 7.50. The Labute approximate surface area is 165 Å². The van der Waals surface area contributed by atoms with E-state index in [9.17, 15) is 23.2 Å². The van der Waals surface area contributed by atoms with E-state index in [1.807, 2.05) is 6.07 Å². The van der Waals surface area contributed by atoms with E-state index in [0.29, 0.717) is 10.6 Å². The molecule has 8 heteroatoms. The smallest absolute Gasteiger partial charge is 0.325 e. The number of aromatic nitrogens is 1. The highest BCUT2D eigenvalue weighted by molar-refractivity contribution is 8.00. The van der Waals surface area contributed by atoms with Crippen molar-refractivity contribution in [3.8, 4) is 6.07 Å². The van der Waals surface area contributed by atoms with Crippen molar-refractivity contribution in [3.63, 3.8) is 0 Å². The fourth-order valence-electron chi connectivity index (χ4n) is 3.09. The van der Waals surface area contributed by atoms with Gasteiger partial charge >= 0.3 is 6.18 Å². The second-order valence-electron chi connectivity index (χ2n) is 6.53. The third-order valence-electron chi connectivity index (χ3n) is 4.45. The van der Waals surface area contributed by atoms with Crippen LogP contribution in [0.1, 0.15) is 41.6 Å². The number of aryl methyl sites for hydroxylation is 2. The fourth-order valence-corrected chi connectivity index (χ4v) is 3.86. The summed E-state index contributed by atoms with van der Waals surface area (Å²) in [5, 5.41) is 12.3. The van der Waals surface area contributed by atoms with Crippen LogP contribution in [0.15, 0.2) is 35.4 Å². The van der Waals surface area contributed by atoms with Crippen LogP contribution in [-0.4, -0.2) is 16.6 Å². The van der Waals surface area contributed by atoms with Crippen LogP contribution in [0, 0.1) is 11.3 Å². The zero-order chi connectivity index (χ0) is 20.1. The minimum absolute atomic E-state index is 0.0449. The number of amides is 1. The Kier molecular flexibility index (Phi) is 6.25. The number of nitrogens with one attached hydrogen (secondary N) is 1. The maximum atomic E-state index is 12.8. The van der Waals surface area contributed by atoms with Crippen LogP contribution in [0.5, 0.6) is 0 Å². The molecular weight excluding hydrogens is 387 g/mol. The molecule has 0 aliphatic heterocycles. The summed E-state index contributed by atoms with van der Waals surface area (Å²) in [6.07, 6.45) is 0.531. The Balaban J connectivity index is 1.68. The molecular formula is C20H18F3N3OS. The van der Waals surface area contributed by atoms with Crippen molar-refractivity contribution < 1.29 is 18.0 Å². The number of carbonyl (C=O) groups is 1. The van der Waals surface area contributed by atoms with Gasteiger partial charge in [-0.25, -0.2) is 4.98 Å². The van der Waals surface area contributed by atoms with Gasteiger partial charge < -0.3 is 5.32 Å². The first-order valence-corrected chi connectivity index (χ1v) is 9.88. The Morgan fingerprint density at radius 3 is 2.75 bits per heavy atom. The van der Waals surface area contributed by atoms with E-state index in [0.717, 1.165) is 67.3 Å². The Morgan fingerprint density at radius 1 is 1.21 bits per heavy atom. The number of fused-ring (bicyclic) bond motifs is 1. The number of halogens is 3. The van der Waals surface area contributed by atoms with Crippen molar-refractivity contribution >= 4 is 23.4 Å². The number of alkyl halides is 3. The molecule has 0 radical (unpaired) electrons. The summed E-state index contributed by atoms with van der Waals surface area (Å²) >= 11 is 1.12. The summed E-state index contributed by atoms with van der Waals surface area (Å²) in [5.41, 5.74) is 1.74. The van der Waals surface area contributed by atoms with Gasteiger partial charge in [0, 0.05) is 11.4 Å². The van der Waals surface area contributed by atoms with Crippen LogP contribution >= 0.6 is 11.8 Å². The van der Waals surface area contributed by atoms with Crippen LogP contribution in [0.4, 0.5) is 18.9 Å². The molecule has 0 atom stereocenters. The minimum Gasteiger partial charge on any atom is -0.325 e. The van der Waals surface area contributed by atoms with Gasteiger partial charge in [-0.05, 0) is 55.5 Å². The lowest BCUT2D eigenvalue weighted by Gasteiger charge is -2.11. The molecule has 28 heavy (non-hydrogen) atoms. The number of hydrogen-bond acceptors (Lipinski definition) is 4. The molecule has 1 aromatic carbocycles. The van der Waals surface area contributed by atoms with Gasteiger partial charge in [0.05, 0.1) is 16.9 Å². The molecule has 4 nitrogen and oxygen atoms in total. The van der Waals surface area contributed by atoms with Gasteiger partial charge in [0.25, 0.3) is 0 Å². The third-order valence-corrected chi connectivity index (χ3v) is 5.44. The van der Waals surface area contributed by atoms with Crippen LogP contribution in [0.3, 0.4) is 0 Å². The van der Waals surface area contributed by atoms with Gasteiger partial charge in [0.15, 0.2) is 0 Å². The van der Waals surface area contributed by atoms with Crippen LogP contribution in [-0.2, 0) is 23.8 Å². The summed E-state index contributed by atoms with van der Waals surface area (Å²) in [5.74, 6) is -0.499. The molecule has 1 aliphatic rings. The molecule has 1 amide bonds. The van der Waals surface area contributed by atoms with Gasteiger partial charge in [-0.2, -0.15) is 18.4 Å². The first-order valence-electron chi connectivity index (χ1n) is 8.89. The quantitative estimate of drug-likeness (QED) is 0.576. The number of hydrogen-bond donors (Lipinski definition) is 1. The molecule has 1 heterocycles. The zero-order valence-corrected chi connectivity index (χ0v) is 15.8. The van der Waals surface area contributed by atoms with E-state index in [1.54, 1.807) is 0 Å². The Bertz CT molecular complexity index is 922.